The molecule has 116 valence electrons. The van der Waals surface area contributed by atoms with Crippen molar-refractivity contribution in [2.24, 2.45) is 5.92 Å². The molecule has 6 heteroatoms. The fourth-order valence-electron chi connectivity index (χ4n) is 3.22. The number of hydrogen-bond acceptors (Lipinski definition) is 5. The molecule has 2 aromatic heterocycles. The van der Waals surface area contributed by atoms with Gasteiger partial charge in [-0.15, -0.1) is 11.3 Å². The Morgan fingerprint density at radius 1 is 1.32 bits per heavy atom. The highest BCUT2D eigenvalue weighted by molar-refractivity contribution is 7.13. The highest BCUT2D eigenvalue weighted by Crippen LogP contribution is 2.48. The van der Waals surface area contributed by atoms with E-state index < -0.39 is 0 Å². The molecule has 0 unspecified atom stereocenters. The van der Waals surface area contributed by atoms with E-state index in [0.717, 1.165) is 49.9 Å². The summed E-state index contributed by atoms with van der Waals surface area (Å²) >= 11 is 1.66. The molecule has 0 N–H and O–H groups in total. The fourth-order valence-corrected chi connectivity index (χ4v) is 3.92. The van der Waals surface area contributed by atoms with Crippen LogP contribution in [0.1, 0.15) is 24.5 Å². The average Bonchev–Trinajstić information content (AvgIpc) is 2.94. The van der Waals surface area contributed by atoms with Crippen molar-refractivity contribution in [3.05, 3.63) is 35.7 Å². The van der Waals surface area contributed by atoms with Crippen LogP contribution in [0.5, 0.6) is 0 Å². The summed E-state index contributed by atoms with van der Waals surface area (Å²) in [5.74, 6) is 1.67. The smallest absolute Gasteiger partial charge is 0.226 e. The first-order chi connectivity index (χ1) is 10.8. The number of rotatable bonds is 3. The Bertz CT molecular complexity index is 626. The minimum absolute atomic E-state index is 0.123. The van der Waals surface area contributed by atoms with Crippen molar-refractivity contribution < 1.29 is 9.21 Å². The number of furan rings is 1. The molecular weight excluding hydrogens is 298 g/mol. The third-order valence-electron chi connectivity index (χ3n) is 4.51. The molecule has 0 aromatic carbocycles. The van der Waals surface area contributed by atoms with Crippen molar-refractivity contribution in [1.29, 1.82) is 0 Å². The number of nitrogens with zero attached hydrogens (tertiary/aromatic N) is 3. The normalized spacial score (nSPS) is 25.1. The zero-order chi connectivity index (χ0) is 14.9. The predicted molar refractivity (Wildman–Crippen MR) is 85.1 cm³/mol. The van der Waals surface area contributed by atoms with Crippen LogP contribution in [0.25, 0.3) is 0 Å². The largest absolute Gasteiger partial charge is 0.469 e. The maximum Gasteiger partial charge on any atom is 0.226 e. The molecule has 0 bridgehead atoms. The van der Waals surface area contributed by atoms with Gasteiger partial charge in [0.25, 0.3) is 0 Å². The van der Waals surface area contributed by atoms with Gasteiger partial charge in [0.2, 0.25) is 5.91 Å². The number of anilines is 1. The Morgan fingerprint density at radius 2 is 2.27 bits per heavy atom. The minimum Gasteiger partial charge on any atom is -0.469 e. The molecule has 1 saturated heterocycles. The topological polar surface area (TPSA) is 49.6 Å². The second kappa shape index (κ2) is 5.76. The van der Waals surface area contributed by atoms with E-state index in [9.17, 15) is 4.79 Å². The number of aromatic nitrogens is 1. The van der Waals surface area contributed by atoms with Gasteiger partial charge in [0, 0.05) is 49.6 Å². The summed E-state index contributed by atoms with van der Waals surface area (Å²) in [6.07, 6.45) is 5.46. The molecule has 2 atom stereocenters. The third kappa shape index (κ3) is 2.63. The van der Waals surface area contributed by atoms with Gasteiger partial charge in [0.05, 0.1) is 6.26 Å². The number of carbonyl (C=O) groups is 1. The maximum absolute atomic E-state index is 12.7. The van der Waals surface area contributed by atoms with Crippen LogP contribution in [0.2, 0.25) is 0 Å². The van der Waals surface area contributed by atoms with Crippen LogP contribution >= 0.6 is 11.3 Å². The Hall–Kier alpha value is -1.82. The Kier molecular flexibility index (Phi) is 3.62. The van der Waals surface area contributed by atoms with Crippen molar-refractivity contribution in [2.45, 2.75) is 18.8 Å². The van der Waals surface area contributed by atoms with Crippen LogP contribution in [0.15, 0.2) is 34.4 Å². The molecule has 1 aliphatic heterocycles. The molecule has 2 aliphatic rings. The summed E-state index contributed by atoms with van der Waals surface area (Å²) in [6.45, 7) is 3.49. The summed E-state index contributed by atoms with van der Waals surface area (Å²) in [7, 11) is 0. The van der Waals surface area contributed by atoms with Gasteiger partial charge < -0.3 is 14.2 Å². The zero-order valence-electron chi connectivity index (χ0n) is 12.4. The number of carbonyl (C=O) groups excluding carboxylic acids is 1. The van der Waals surface area contributed by atoms with Gasteiger partial charge in [-0.1, -0.05) is 0 Å². The van der Waals surface area contributed by atoms with E-state index in [2.05, 4.69) is 9.88 Å². The zero-order valence-corrected chi connectivity index (χ0v) is 13.2. The van der Waals surface area contributed by atoms with E-state index >= 15 is 0 Å². The quantitative estimate of drug-likeness (QED) is 0.873. The van der Waals surface area contributed by atoms with E-state index in [1.54, 1.807) is 17.6 Å². The van der Waals surface area contributed by atoms with Gasteiger partial charge in [-0.25, -0.2) is 4.98 Å². The molecule has 5 nitrogen and oxygen atoms in total. The van der Waals surface area contributed by atoms with Crippen molar-refractivity contribution in [3.63, 3.8) is 0 Å². The lowest BCUT2D eigenvalue weighted by Crippen LogP contribution is -2.36. The lowest BCUT2D eigenvalue weighted by molar-refractivity contribution is -0.132. The summed E-state index contributed by atoms with van der Waals surface area (Å²) < 4.78 is 5.43. The van der Waals surface area contributed by atoms with Crippen LogP contribution in [-0.2, 0) is 4.79 Å². The van der Waals surface area contributed by atoms with Gasteiger partial charge in [-0.05, 0) is 25.0 Å². The maximum atomic E-state index is 12.7. The Balaban J connectivity index is 1.37. The monoisotopic (exact) mass is 317 g/mol. The van der Waals surface area contributed by atoms with Crippen molar-refractivity contribution in [3.8, 4) is 0 Å². The molecule has 0 radical (unpaired) electrons. The molecule has 3 heterocycles. The SMILES string of the molecule is O=C([C@H]1C[C@@H]1c1ccco1)N1CCCN(c2nccs2)CC1. The van der Waals surface area contributed by atoms with Gasteiger partial charge in [0.15, 0.2) is 5.13 Å². The van der Waals surface area contributed by atoms with E-state index in [1.807, 2.05) is 28.6 Å². The molecule has 4 rings (SSSR count). The molecule has 1 amide bonds. The lowest BCUT2D eigenvalue weighted by Gasteiger charge is -2.21. The highest BCUT2D eigenvalue weighted by Gasteiger charge is 2.47. The number of amides is 1. The second-order valence-corrected chi connectivity index (χ2v) is 6.82. The van der Waals surface area contributed by atoms with Crippen LogP contribution in [-0.4, -0.2) is 42.0 Å². The summed E-state index contributed by atoms with van der Waals surface area (Å²) in [5.41, 5.74) is 0. The van der Waals surface area contributed by atoms with Crippen LogP contribution in [0, 0.1) is 5.92 Å². The van der Waals surface area contributed by atoms with Crippen LogP contribution < -0.4 is 4.90 Å². The molecule has 1 saturated carbocycles. The average molecular weight is 317 g/mol. The van der Waals surface area contributed by atoms with Crippen LogP contribution in [0.4, 0.5) is 5.13 Å². The fraction of sp³-hybridized carbons (Fsp3) is 0.500. The van der Waals surface area contributed by atoms with Gasteiger partial charge in [0.1, 0.15) is 5.76 Å². The lowest BCUT2D eigenvalue weighted by atomic mass is 10.2. The molecule has 22 heavy (non-hydrogen) atoms. The summed E-state index contributed by atoms with van der Waals surface area (Å²) in [4.78, 5) is 21.4. The Morgan fingerprint density at radius 3 is 3.05 bits per heavy atom. The Labute approximate surface area is 133 Å². The van der Waals surface area contributed by atoms with E-state index in [-0.39, 0.29) is 5.92 Å². The minimum atomic E-state index is 0.123. The number of hydrogen-bond donors (Lipinski definition) is 0. The molecular formula is C16H19N3O2S. The first-order valence-electron chi connectivity index (χ1n) is 7.79. The van der Waals surface area contributed by atoms with Crippen molar-refractivity contribution in [2.75, 3.05) is 31.1 Å². The number of thiazole rings is 1. The third-order valence-corrected chi connectivity index (χ3v) is 5.35. The van der Waals surface area contributed by atoms with Crippen molar-refractivity contribution >= 4 is 22.4 Å². The first kappa shape index (κ1) is 13.8. The standard InChI is InChI=1S/C16H19N3O2S/c20-15(13-11-12(13)14-3-1-9-21-14)18-5-2-6-19(8-7-18)16-17-4-10-22-16/h1,3-4,9-10,12-13H,2,5-8,11H2/t12-,13-/m0/s1. The first-order valence-corrected chi connectivity index (χ1v) is 8.67. The van der Waals surface area contributed by atoms with E-state index in [4.69, 9.17) is 4.42 Å². The molecule has 2 fully saturated rings. The summed E-state index contributed by atoms with van der Waals surface area (Å²) in [6, 6.07) is 3.87. The predicted octanol–water partition coefficient (Wildman–Crippen LogP) is 2.58. The molecule has 2 aromatic rings. The summed E-state index contributed by atoms with van der Waals surface area (Å²) in [5, 5.41) is 3.07. The van der Waals surface area contributed by atoms with Gasteiger partial charge >= 0.3 is 0 Å². The van der Waals surface area contributed by atoms with Gasteiger partial charge in [-0.2, -0.15) is 0 Å². The highest BCUT2D eigenvalue weighted by atomic mass is 32.1. The van der Waals surface area contributed by atoms with E-state index in [0.29, 0.717) is 11.8 Å². The van der Waals surface area contributed by atoms with Crippen molar-refractivity contribution in [1.82, 2.24) is 9.88 Å². The van der Waals surface area contributed by atoms with E-state index in [1.165, 1.54) is 0 Å². The molecule has 1 aliphatic carbocycles. The van der Waals surface area contributed by atoms with Crippen LogP contribution in [0.3, 0.4) is 0 Å². The molecule has 0 spiro atoms. The second-order valence-electron chi connectivity index (χ2n) is 5.94. The van der Waals surface area contributed by atoms with Gasteiger partial charge in [-0.3, -0.25) is 4.79 Å².